The van der Waals surface area contributed by atoms with Crippen molar-refractivity contribution in [3.63, 3.8) is 0 Å². The van der Waals surface area contributed by atoms with Crippen LogP contribution in [0.1, 0.15) is 114 Å². The number of likely N-dealkylation sites (tertiary alicyclic amines) is 1. The molecule has 0 aliphatic carbocycles. The van der Waals surface area contributed by atoms with Gasteiger partial charge in [-0.1, -0.05) is 85.2 Å². The Kier molecular flexibility index (Phi) is 21.2. The molecule has 1 aromatic carbocycles. The Morgan fingerprint density at radius 3 is 1.98 bits per heavy atom. The van der Waals surface area contributed by atoms with Crippen LogP contribution in [-0.4, -0.2) is 134 Å². The average molecular weight is 843 g/mol. The molecule has 0 saturated carbocycles. The first kappa shape index (κ1) is 52.6. The number of carbonyl (C=O) groups is 5. The Balaban J connectivity index is 2.28. The lowest BCUT2D eigenvalue weighted by Crippen LogP contribution is -2.60. The first-order valence-electron chi connectivity index (χ1n) is 22.3. The summed E-state index contributed by atoms with van der Waals surface area (Å²) >= 11 is 0. The van der Waals surface area contributed by atoms with Gasteiger partial charge < -0.3 is 35.2 Å². The molecular formula is C47H82N6O7. The van der Waals surface area contributed by atoms with Crippen LogP contribution >= 0.6 is 0 Å². The number of amides is 5. The lowest BCUT2D eigenvalue weighted by Gasteiger charge is -2.41. The van der Waals surface area contributed by atoms with Crippen LogP contribution in [0.4, 0.5) is 0 Å². The van der Waals surface area contributed by atoms with E-state index in [0.29, 0.717) is 19.4 Å². The Labute approximate surface area is 362 Å². The lowest BCUT2D eigenvalue weighted by molar-refractivity contribution is -0.148. The van der Waals surface area contributed by atoms with Crippen LogP contribution in [0, 0.1) is 29.6 Å². The highest BCUT2D eigenvalue weighted by Crippen LogP contribution is 2.30. The number of methoxy groups -OCH3 is 2. The van der Waals surface area contributed by atoms with E-state index in [0.717, 1.165) is 18.4 Å². The van der Waals surface area contributed by atoms with Crippen molar-refractivity contribution in [2.75, 3.05) is 41.4 Å². The molecule has 8 unspecified atom stereocenters. The Hall–Kier alpha value is -3.55. The smallest absolute Gasteiger partial charge is 0.245 e. The van der Waals surface area contributed by atoms with Crippen molar-refractivity contribution in [1.82, 2.24) is 30.7 Å². The standard InChI is InChI=1S/C47H82N6O7/c1-17-32(8)41(52(14)46(58)39(29(2)3)49-45(57)40(30(4)5)51(13)31(6)7)37(59-15)27-38(54)53-25-21-24-36(53)42(60-16)33(9)43(55)48-28-35(44(56)50-47(10,11)12)26-34-22-19-18-20-23-34/h18-20,22-23,29-33,35-37,39-42H,17,21,24-28H2,1-16H3,(H,48,55)(H,49,57)(H,50,56)/t32?,33?,35?,36?,37?,39-,40?,41?,42?/m0/s1. The summed E-state index contributed by atoms with van der Waals surface area (Å²) < 4.78 is 12.1. The number of nitrogens with one attached hydrogen (secondary N) is 3. The second-order valence-corrected chi connectivity index (χ2v) is 19.1. The number of hydrogen-bond donors (Lipinski definition) is 3. The first-order valence-corrected chi connectivity index (χ1v) is 22.3. The quantitative estimate of drug-likeness (QED) is 0.135. The predicted octanol–water partition coefficient (Wildman–Crippen LogP) is 5.30. The molecule has 1 heterocycles. The molecule has 0 radical (unpaired) electrons. The Bertz CT molecular complexity index is 1510. The molecule has 3 N–H and O–H groups in total. The summed E-state index contributed by atoms with van der Waals surface area (Å²) in [4.78, 5) is 75.2. The Morgan fingerprint density at radius 1 is 0.867 bits per heavy atom. The topological polar surface area (TPSA) is 150 Å². The monoisotopic (exact) mass is 843 g/mol. The minimum absolute atomic E-state index is 0.0218. The van der Waals surface area contributed by atoms with Gasteiger partial charge in [-0.15, -0.1) is 0 Å². The zero-order chi connectivity index (χ0) is 45.6. The van der Waals surface area contributed by atoms with Crippen LogP contribution in [0.15, 0.2) is 30.3 Å². The maximum absolute atomic E-state index is 14.4. The second-order valence-electron chi connectivity index (χ2n) is 19.1. The van der Waals surface area contributed by atoms with E-state index in [1.165, 1.54) is 0 Å². The van der Waals surface area contributed by atoms with Crippen LogP contribution in [0.25, 0.3) is 0 Å². The summed E-state index contributed by atoms with van der Waals surface area (Å²) in [6, 6.07) is 7.89. The molecule has 1 aromatic rings. The van der Waals surface area contributed by atoms with Gasteiger partial charge in [0.2, 0.25) is 29.5 Å². The fourth-order valence-electron chi connectivity index (χ4n) is 8.57. The van der Waals surface area contributed by atoms with Gasteiger partial charge in [-0.3, -0.25) is 28.9 Å². The molecule has 1 aliphatic heterocycles. The third-order valence-corrected chi connectivity index (χ3v) is 12.4. The Morgan fingerprint density at radius 2 is 1.48 bits per heavy atom. The maximum Gasteiger partial charge on any atom is 0.245 e. The van der Waals surface area contributed by atoms with E-state index < -0.39 is 47.7 Å². The number of carbonyl (C=O) groups excluding carboxylic acids is 5. The predicted molar refractivity (Wildman–Crippen MR) is 239 cm³/mol. The molecule has 2 rings (SSSR count). The van der Waals surface area contributed by atoms with Crippen LogP contribution in [-0.2, 0) is 39.9 Å². The molecule has 1 saturated heterocycles. The third-order valence-electron chi connectivity index (χ3n) is 12.4. The molecule has 13 heteroatoms. The average Bonchev–Trinajstić information content (AvgIpc) is 3.67. The fraction of sp³-hybridized carbons (Fsp3) is 0.766. The van der Waals surface area contributed by atoms with E-state index in [2.05, 4.69) is 22.9 Å². The van der Waals surface area contributed by atoms with Crippen LogP contribution in [0.5, 0.6) is 0 Å². The lowest BCUT2D eigenvalue weighted by atomic mass is 9.89. The highest BCUT2D eigenvalue weighted by Gasteiger charge is 2.43. The highest BCUT2D eigenvalue weighted by molar-refractivity contribution is 5.90. The van der Waals surface area contributed by atoms with Gasteiger partial charge >= 0.3 is 0 Å². The van der Waals surface area contributed by atoms with Crippen LogP contribution in [0.2, 0.25) is 0 Å². The van der Waals surface area contributed by atoms with Gasteiger partial charge in [-0.2, -0.15) is 0 Å². The van der Waals surface area contributed by atoms with Crippen LogP contribution < -0.4 is 16.0 Å². The zero-order valence-electron chi connectivity index (χ0n) is 40.0. The fourth-order valence-corrected chi connectivity index (χ4v) is 8.57. The molecule has 0 aromatic heterocycles. The second kappa shape index (κ2) is 24.2. The summed E-state index contributed by atoms with van der Waals surface area (Å²) in [6.07, 6.45) is 1.41. The van der Waals surface area contributed by atoms with E-state index in [9.17, 15) is 24.0 Å². The largest absolute Gasteiger partial charge is 0.379 e. The van der Waals surface area contributed by atoms with Crippen molar-refractivity contribution in [2.24, 2.45) is 29.6 Å². The molecule has 342 valence electrons. The minimum atomic E-state index is -0.774. The normalized spacial score (nSPS) is 18.7. The van der Waals surface area contributed by atoms with Crippen molar-refractivity contribution in [3.05, 3.63) is 35.9 Å². The maximum atomic E-state index is 14.4. The summed E-state index contributed by atoms with van der Waals surface area (Å²) in [5.41, 5.74) is 0.570. The third kappa shape index (κ3) is 14.8. The van der Waals surface area contributed by atoms with Crippen molar-refractivity contribution in [1.29, 1.82) is 0 Å². The SMILES string of the molecule is CCC(C)C(C(CC(=O)N1CCCC1C(OC)C(C)C(=O)NCC(Cc1ccccc1)C(=O)NC(C)(C)C)OC)N(C)C(=O)[C@@H](NC(=O)C(C(C)C)N(C)C(C)C)C(C)C. The number of benzene rings is 1. The van der Waals surface area contributed by atoms with Crippen molar-refractivity contribution >= 4 is 29.5 Å². The number of rotatable bonds is 23. The number of nitrogens with zero attached hydrogens (tertiary/aromatic N) is 3. The summed E-state index contributed by atoms with van der Waals surface area (Å²) in [5, 5.41) is 9.19. The van der Waals surface area contributed by atoms with Gasteiger partial charge in [0.1, 0.15) is 6.04 Å². The zero-order valence-corrected chi connectivity index (χ0v) is 40.0. The van der Waals surface area contributed by atoms with E-state index in [4.69, 9.17) is 9.47 Å². The number of hydrogen-bond acceptors (Lipinski definition) is 8. The number of likely N-dealkylation sites (N-methyl/N-ethyl adjacent to an activating group) is 2. The van der Waals surface area contributed by atoms with Gasteiger partial charge in [0.05, 0.1) is 48.6 Å². The molecule has 1 aliphatic rings. The molecular weight excluding hydrogens is 761 g/mol. The summed E-state index contributed by atoms with van der Waals surface area (Å²) in [7, 11) is 6.81. The summed E-state index contributed by atoms with van der Waals surface area (Å²) in [6.45, 7) is 24.3. The van der Waals surface area contributed by atoms with Crippen LogP contribution in [0.3, 0.4) is 0 Å². The van der Waals surface area contributed by atoms with E-state index in [-0.39, 0.29) is 72.3 Å². The van der Waals surface area contributed by atoms with Gasteiger partial charge in [0.15, 0.2) is 0 Å². The molecule has 13 nitrogen and oxygen atoms in total. The van der Waals surface area contributed by atoms with Crippen molar-refractivity contribution in [3.8, 4) is 0 Å². The van der Waals surface area contributed by atoms with Gasteiger partial charge in [-0.05, 0) is 84.2 Å². The van der Waals surface area contributed by atoms with Gasteiger partial charge in [0.25, 0.3) is 0 Å². The molecule has 0 spiro atoms. The molecule has 5 amide bonds. The minimum Gasteiger partial charge on any atom is -0.379 e. The van der Waals surface area contributed by atoms with Gasteiger partial charge in [0, 0.05) is 45.9 Å². The van der Waals surface area contributed by atoms with E-state index in [1.54, 1.807) is 33.1 Å². The molecule has 1 fully saturated rings. The number of ether oxygens (including phenoxy) is 2. The highest BCUT2D eigenvalue weighted by atomic mass is 16.5. The van der Waals surface area contributed by atoms with E-state index in [1.807, 2.05) is 116 Å². The molecule has 9 atom stereocenters. The molecule has 0 bridgehead atoms. The first-order chi connectivity index (χ1) is 28.0. The van der Waals surface area contributed by atoms with Gasteiger partial charge in [-0.25, -0.2) is 0 Å². The van der Waals surface area contributed by atoms with E-state index >= 15 is 0 Å². The van der Waals surface area contributed by atoms with Crippen molar-refractivity contribution < 1.29 is 33.4 Å². The molecule has 60 heavy (non-hydrogen) atoms. The summed E-state index contributed by atoms with van der Waals surface area (Å²) in [5.74, 6) is -2.24. The van der Waals surface area contributed by atoms with Crippen molar-refractivity contribution in [2.45, 2.75) is 163 Å².